The highest BCUT2D eigenvalue weighted by molar-refractivity contribution is 7.98. The monoisotopic (exact) mass is 778 g/mol. The number of esters is 1. The van der Waals surface area contributed by atoms with Crippen molar-refractivity contribution in [2.75, 3.05) is 30.9 Å². The van der Waals surface area contributed by atoms with Crippen molar-refractivity contribution in [3.05, 3.63) is 78.4 Å². The molecule has 54 heavy (non-hydrogen) atoms. The van der Waals surface area contributed by atoms with Gasteiger partial charge < -0.3 is 24.6 Å². The Hall–Kier alpha value is -4.07. The normalized spacial score (nSPS) is 18.1. The smallest absolute Gasteiger partial charge is 0.329 e. The number of amides is 2. The maximum absolute atomic E-state index is 14.4. The van der Waals surface area contributed by atoms with Crippen molar-refractivity contribution in [1.29, 1.82) is 0 Å². The van der Waals surface area contributed by atoms with Crippen LogP contribution >= 0.6 is 11.8 Å². The molecule has 0 aliphatic carbocycles. The van der Waals surface area contributed by atoms with Crippen molar-refractivity contribution in [2.24, 2.45) is 0 Å². The third kappa shape index (κ3) is 9.77. The number of benzene rings is 3. The van der Waals surface area contributed by atoms with Gasteiger partial charge in [-0.2, -0.15) is 0 Å². The minimum Gasteiger partial charge on any atom is -0.483 e. The van der Waals surface area contributed by atoms with Crippen LogP contribution in [0.5, 0.6) is 5.75 Å². The molecule has 0 saturated carbocycles. The molecule has 3 aromatic carbocycles. The van der Waals surface area contributed by atoms with E-state index in [1.54, 1.807) is 45.0 Å². The molecular formula is C41H54N4O7S2. The van der Waals surface area contributed by atoms with E-state index in [1.807, 2.05) is 48.7 Å². The summed E-state index contributed by atoms with van der Waals surface area (Å²) in [6.45, 7) is 9.86. The lowest BCUT2D eigenvalue weighted by Crippen LogP contribution is -2.59. The molecule has 0 bridgehead atoms. The van der Waals surface area contributed by atoms with Crippen LogP contribution in [0.3, 0.4) is 0 Å². The Morgan fingerprint density at radius 1 is 0.981 bits per heavy atom. The number of sulfonamides is 1. The fourth-order valence-electron chi connectivity index (χ4n) is 6.95. The molecule has 2 aliphatic rings. The van der Waals surface area contributed by atoms with Crippen LogP contribution in [0, 0.1) is 0 Å². The molecule has 5 rings (SSSR count). The van der Waals surface area contributed by atoms with Crippen molar-refractivity contribution in [3.8, 4) is 5.75 Å². The van der Waals surface area contributed by atoms with Crippen LogP contribution in [0.25, 0.3) is 0 Å². The number of hydrogen-bond donors (Lipinski definition) is 2. The Morgan fingerprint density at radius 2 is 1.61 bits per heavy atom. The van der Waals surface area contributed by atoms with Crippen molar-refractivity contribution in [3.63, 3.8) is 0 Å². The lowest BCUT2D eigenvalue weighted by atomic mass is 9.87. The van der Waals surface area contributed by atoms with Crippen molar-refractivity contribution < 1.29 is 32.3 Å². The zero-order valence-electron chi connectivity index (χ0n) is 32.2. The average Bonchev–Trinajstić information content (AvgIpc) is 3.21. The first-order chi connectivity index (χ1) is 25.7. The number of anilines is 2. The first-order valence-electron chi connectivity index (χ1n) is 18.8. The van der Waals surface area contributed by atoms with Crippen molar-refractivity contribution >= 4 is 50.9 Å². The number of para-hydroxylation sites is 1. The third-order valence-corrected chi connectivity index (χ3v) is 12.1. The molecule has 1 fully saturated rings. The zero-order valence-corrected chi connectivity index (χ0v) is 33.9. The van der Waals surface area contributed by atoms with Crippen LogP contribution in [0.2, 0.25) is 0 Å². The lowest BCUT2D eigenvalue weighted by molar-refractivity contribution is -0.171. The second kappa shape index (κ2) is 17.6. The molecule has 0 unspecified atom stereocenters. The maximum Gasteiger partial charge on any atom is 0.329 e. The Bertz CT molecular complexity index is 1880. The number of rotatable bonds is 15. The summed E-state index contributed by atoms with van der Waals surface area (Å²) >= 11 is 1.39. The van der Waals surface area contributed by atoms with Crippen LogP contribution in [-0.4, -0.2) is 74.2 Å². The predicted octanol–water partition coefficient (Wildman–Crippen LogP) is 7.14. The minimum absolute atomic E-state index is 0.0674. The predicted molar refractivity (Wildman–Crippen MR) is 213 cm³/mol. The van der Waals surface area contributed by atoms with Gasteiger partial charge in [-0.3, -0.25) is 9.59 Å². The summed E-state index contributed by atoms with van der Waals surface area (Å²) < 4.78 is 43.5. The highest BCUT2D eigenvalue weighted by atomic mass is 32.2. The molecule has 2 N–H and O–H groups in total. The number of carbonyl (C=O) groups is 3. The van der Waals surface area contributed by atoms with Gasteiger partial charge in [-0.1, -0.05) is 88.1 Å². The van der Waals surface area contributed by atoms with Gasteiger partial charge in [0.1, 0.15) is 28.3 Å². The molecule has 2 atom stereocenters. The third-order valence-electron chi connectivity index (χ3n) is 9.75. The summed E-state index contributed by atoms with van der Waals surface area (Å²) in [5.74, 6) is -1.27. The number of nitrogens with one attached hydrogen (secondary N) is 2. The van der Waals surface area contributed by atoms with E-state index in [4.69, 9.17) is 9.47 Å². The number of likely N-dealkylation sites (tertiary alicyclic amines) is 1. The summed E-state index contributed by atoms with van der Waals surface area (Å²) in [5, 5.41) is 2.81. The summed E-state index contributed by atoms with van der Waals surface area (Å²) in [7, 11) is -4.04. The van der Waals surface area contributed by atoms with E-state index in [1.165, 1.54) is 22.7 Å². The number of ether oxygens (including phenoxy) is 2. The van der Waals surface area contributed by atoms with Gasteiger partial charge in [0.05, 0.1) is 16.1 Å². The van der Waals surface area contributed by atoms with Crippen LogP contribution in [0.15, 0.2) is 82.6 Å². The van der Waals surface area contributed by atoms with Gasteiger partial charge in [-0.25, -0.2) is 17.9 Å². The fourth-order valence-corrected chi connectivity index (χ4v) is 9.16. The Kier molecular flexibility index (Phi) is 13.4. The maximum atomic E-state index is 14.4. The van der Waals surface area contributed by atoms with Crippen LogP contribution < -0.4 is 19.7 Å². The summed E-state index contributed by atoms with van der Waals surface area (Å²) in [5.41, 5.74) is 0.558. The number of thioether (sulfide) groups is 1. The zero-order chi connectivity index (χ0) is 39.1. The lowest BCUT2D eigenvalue weighted by Gasteiger charge is -2.42. The Balaban J connectivity index is 1.43. The van der Waals surface area contributed by atoms with E-state index in [2.05, 4.69) is 28.8 Å². The molecule has 13 heteroatoms. The van der Waals surface area contributed by atoms with E-state index in [-0.39, 0.29) is 10.6 Å². The minimum atomic E-state index is -4.04. The van der Waals surface area contributed by atoms with Gasteiger partial charge in [0.15, 0.2) is 6.61 Å². The Labute approximate surface area is 324 Å². The molecule has 0 aromatic heterocycles. The van der Waals surface area contributed by atoms with Crippen molar-refractivity contribution in [1.82, 2.24) is 14.9 Å². The quantitative estimate of drug-likeness (QED) is 0.122. The highest BCUT2D eigenvalue weighted by Gasteiger charge is 2.44. The molecule has 1 saturated heterocycles. The summed E-state index contributed by atoms with van der Waals surface area (Å²) in [6.07, 6.45) is 7.33. The molecule has 292 valence electrons. The van der Waals surface area contributed by atoms with Crippen molar-refractivity contribution in [2.45, 2.75) is 113 Å². The topological polar surface area (TPSA) is 134 Å². The number of fused-ring (bicyclic) bond motifs is 1. The largest absolute Gasteiger partial charge is 0.483 e. The Morgan fingerprint density at radius 3 is 2.17 bits per heavy atom. The average molecular weight is 779 g/mol. The number of hydrogen-bond acceptors (Lipinski definition) is 9. The van der Waals surface area contributed by atoms with Gasteiger partial charge in [-0.15, -0.1) is 11.8 Å². The van der Waals surface area contributed by atoms with Gasteiger partial charge in [0.25, 0.3) is 11.8 Å². The molecule has 11 nitrogen and oxygen atoms in total. The number of unbranched alkanes of at least 4 members (excludes halogenated alkanes) is 2. The van der Waals surface area contributed by atoms with E-state index in [0.717, 1.165) is 31.4 Å². The van der Waals surface area contributed by atoms with E-state index < -0.39 is 57.6 Å². The van der Waals surface area contributed by atoms with Gasteiger partial charge in [-0.05, 0) is 70.1 Å². The first kappa shape index (κ1) is 41.1. The van der Waals surface area contributed by atoms with Crippen LogP contribution in [-0.2, 0) is 29.1 Å². The molecule has 0 spiro atoms. The molecule has 0 radical (unpaired) electrons. The van der Waals surface area contributed by atoms with Gasteiger partial charge in [0, 0.05) is 24.8 Å². The number of carbonyl (C=O) groups excluding carboxylic acids is 3. The summed E-state index contributed by atoms with van der Waals surface area (Å²) in [4.78, 5) is 44.6. The van der Waals surface area contributed by atoms with E-state index in [0.29, 0.717) is 48.5 Å². The summed E-state index contributed by atoms with van der Waals surface area (Å²) in [6, 6.07) is 20.1. The van der Waals surface area contributed by atoms with E-state index >= 15 is 0 Å². The van der Waals surface area contributed by atoms with Gasteiger partial charge in [0.2, 0.25) is 10.0 Å². The molecule has 3 aromatic rings. The first-order valence-corrected chi connectivity index (χ1v) is 21.5. The second-order valence-electron chi connectivity index (χ2n) is 15.1. The second-order valence-corrected chi connectivity index (χ2v) is 17.6. The number of nitrogens with zero attached hydrogens (tertiary/aromatic N) is 2. The van der Waals surface area contributed by atoms with Crippen LogP contribution in [0.1, 0.15) is 91.2 Å². The standard InChI is InChI=1S/C41H54N4O7S2/c1-7-9-22-41(23-10-8-2)28-45(30-19-15-12-16-20-30)32-25-34(53-6)33(26-35(32)54(49,50)43-41)51-27-36(46)42-37(29-17-13-11-14-18-29)38(47)44-24-21-31(44)39(48)52-40(3,4)5/h11-20,25-26,31,37,43H,7-10,21-24,27-28H2,1-6H3,(H,42,46)/t31-,37+/m0/s1. The molecular weight excluding hydrogens is 725 g/mol. The van der Waals surface area contributed by atoms with Gasteiger partial charge >= 0.3 is 5.97 Å². The SMILES string of the molecule is CCCCC1(CCCC)CN(c2ccccc2)c2cc(SC)c(OCC(=O)N[C@@H](C(=O)N3CC[C@H]3C(=O)OC(C)(C)C)c3ccccc3)cc2S(=O)(=O)N1. The molecule has 2 amide bonds. The van der Waals surface area contributed by atoms with Crippen LogP contribution in [0.4, 0.5) is 11.4 Å². The van der Waals surface area contributed by atoms with E-state index in [9.17, 15) is 22.8 Å². The molecule has 2 heterocycles. The fraction of sp³-hybridized carbons (Fsp3) is 0.488. The highest BCUT2D eigenvalue weighted by Crippen LogP contribution is 2.44. The molecule has 2 aliphatic heterocycles.